The Balaban J connectivity index is 1.59. The summed E-state index contributed by atoms with van der Waals surface area (Å²) < 4.78 is 38.7. The summed E-state index contributed by atoms with van der Waals surface area (Å²) in [5.74, 6) is -1.04. The largest absolute Gasteiger partial charge is 0.391 e. The highest BCUT2D eigenvalue weighted by atomic mass is 35.5. The standard InChI is InChI=1S/C29H37Cl2F3N2/c1-5-13-28(14-7-6-8-20(2)26-12-9-23(30)18-27(26)31)15-16-36(22(28)4)25-11-10-24(35-19-25)17-21(3)29(32,33)34/h9-12,18-21H,4-8,13-17H2,1-3H3/t20?,21-,28?/m1/s1. The number of pyridine rings is 1. The fraction of sp³-hybridized carbons (Fsp3) is 0.552. The molecule has 198 valence electrons. The monoisotopic (exact) mass is 540 g/mol. The summed E-state index contributed by atoms with van der Waals surface area (Å²) in [4.78, 5) is 6.54. The number of hydrogen-bond acceptors (Lipinski definition) is 2. The molecule has 1 aliphatic rings. The van der Waals surface area contributed by atoms with Crippen LogP contribution < -0.4 is 4.90 Å². The molecule has 0 spiro atoms. The molecule has 1 aliphatic heterocycles. The van der Waals surface area contributed by atoms with Gasteiger partial charge in [0, 0.05) is 39.8 Å². The second kappa shape index (κ2) is 12.2. The number of hydrogen-bond donors (Lipinski definition) is 0. The molecule has 3 rings (SSSR count). The van der Waals surface area contributed by atoms with Crippen molar-refractivity contribution in [3.63, 3.8) is 0 Å². The summed E-state index contributed by atoms with van der Waals surface area (Å²) in [5.41, 5.74) is 3.67. The van der Waals surface area contributed by atoms with Gasteiger partial charge in [0.25, 0.3) is 0 Å². The normalized spacial score (nSPS) is 20.1. The van der Waals surface area contributed by atoms with Gasteiger partial charge in [0.05, 0.1) is 17.8 Å². The molecule has 0 aliphatic carbocycles. The molecule has 1 fully saturated rings. The van der Waals surface area contributed by atoms with Gasteiger partial charge in [-0.15, -0.1) is 0 Å². The predicted octanol–water partition coefficient (Wildman–Crippen LogP) is 10.0. The molecule has 7 heteroatoms. The average molecular weight is 542 g/mol. The van der Waals surface area contributed by atoms with Crippen molar-refractivity contribution in [3.05, 3.63) is 70.1 Å². The zero-order chi connectivity index (χ0) is 26.5. The summed E-state index contributed by atoms with van der Waals surface area (Å²) in [6.07, 6.45) is 4.92. The molecule has 3 atom stereocenters. The van der Waals surface area contributed by atoms with Gasteiger partial charge < -0.3 is 4.90 Å². The number of alkyl halides is 3. The van der Waals surface area contributed by atoms with Crippen LogP contribution in [0.2, 0.25) is 10.0 Å². The van der Waals surface area contributed by atoms with Gasteiger partial charge in [0.1, 0.15) is 0 Å². The summed E-state index contributed by atoms with van der Waals surface area (Å²) in [5, 5.41) is 1.38. The van der Waals surface area contributed by atoms with E-state index in [1.54, 1.807) is 18.3 Å². The first-order chi connectivity index (χ1) is 17.0. The molecule has 36 heavy (non-hydrogen) atoms. The second-order valence-electron chi connectivity index (χ2n) is 10.3. The molecule has 0 amide bonds. The molecule has 0 radical (unpaired) electrons. The highest BCUT2D eigenvalue weighted by Crippen LogP contribution is 2.49. The predicted molar refractivity (Wildman–Crippen MR) is 145 cm³/mol. The molecular weight excluding hydrogens is 504 g/mol. The van der Waals surface area contributed by atoms with Crippen LogP contribution in [0.15, 0.2) is 48.8 Å². The number of allylic oxidation sites excluding steroid dienone is 1. The third kappa shape index (κ3) is 6.98. The number of halogens is 5. The first-order valence-electron chi connectivity index (χ1n) is 12.9. The molecule has 2 unspecified atom stereocenters. The van der Waals surface area contributed by atoms with Crippen molar-refractivity contribution in [3.8, 4) is 0 Å². The molecule has 0 N–H and O–H groups in total. The maximum Gasteiger partial charge on any atom is 0.391 e. The maximum atomic E-state index is 12.9. The van der Waals surface area contributed by atoms with E-state index in [1.165, 1.54) is 6.92 Å². The Morgan fingerprint density at radius 2 is 1.86 bits per heavy atom. The van der Waals surface area contributed by atoms with Gasteiger partial charge in [-0.05, 0) is 61.4 Å². The second-order valence-corrected chi connectivity index (χ2v) is 11.2. The number of anilines is 1. The molecule has 2 heterocycles. The van der Waals surface area contributed by atoms with Gasteiger partial charge in [0.15, 0.2) is 0 Å². The van der Waals surface area contributed by atoms with Gasteiger partial charge in [-0.25, -0.2) is 0 Å². The van der Waals surface area contributed by atoms with Crippen LogP contribution in [0.5, 0.6) is 0 Å². The van der Waals surface area contributed by atoms with E-state index in [4.69, 9.17) is 23.2 Å². The SMILES string of the molecule is C=C1N(c2ccc(C[C@@H](C)C(F)(F)F)nc2)CCC1(CCC)CCCCC(C)c1ccc(Cl)cc1Cl. The zero-order valence-electron chi connectivity index (χ0n) is 21.5. The van der Waals surface area contributed by atoms with Crippen LogP contribution >= 0.6 is 23.2 Å². The molecule has 0 saturated carbocycles. The van der Waals surface area contributed by atoms with Crippen molar-refractivity contribution >= 4 is 28.9 Å². The fourth-order valence-electron chi connectivity index (χ4n) is 5.42. The van der Waals surface area contributed by atoms with Crippen LogP contribution in [0.1, 0.15) is 82.9 Å². The van der Waals surface area contributed by atoms with Crippen LogP contribution in [-0.2, 0) is 6.42 Å². The van der Waals surface area contributed by atoms with Gasteiger partial charge in [-0.3, -0.25) is 4.98 Å². The van der Waals surface area contributed by atoms with Gasteiger partial charge >= 0.3 is 6.18 Å². The summed E-state index contributed by atoms with van der Waals surface area (Å²) in [6.45, 7) is 11.0. The van der Waals surface area contributed by atoms with Gasteiger partial charge in [0.2, 0.25) is 0 Å². The van der Waals surface area contributed by atoms with Crippen LogP contribution in [0.3, 0.4) is 0 Å². The summed E-state index contributed by atoms with van der Waals surface area (Å²) in [7, 11) is 0. The van der Waals surface area contributed by atoms with Crippen molar-refractivity contribution in [1.82, 2.24) is 4.98 Å². The molecule has 2 aromatic rings. The van der Waals surface area contributed by atoms with E-state index in [-0.39, 0.29) is 11.8 Å². The van der Waals surface area contributed by atoms with Crippen LogP contribution in [0, 0.1) is 11.3 Å². The average Bonchev–Trinajstić information content (AvgIpc) is 3.13. The van der Waals surface area contributed by atoms with E-state index in [1.807, 2.05) is 18.2 Å². The molecule has 1 aromatic carbocycles. The lowest BCUT2D eigenvalue weighted by atomic mass is 9.75. The lowest BCUT2D eigenvalue weighted by Crippen LogP contribution is -2.24. The Hall–Kier alpha value is -1.72. The molecular formula is C29H37Cl2F3N2. The van der Waals surface area contributed by atoms with Gasteiger partial charge in [-0.1, -0.05) is 75.9 Å². The minimum absolute atomic E-state index is 0.0549. The number of unbranched alkanes of at least 4 members (excludes halogenated alkanes) is 1. The smallest absolute Gasteiger partial charge is 0.344 e. The Labute approximate surface area is 223 Å². The zero-order valence-corrected chi connectivity index (χ0v) is 23.0. The van der Waals surface area contributed by atoms with Crippen molar-refractivity contribution in [2.45, 2.75) is 84.2 Å². The number of aromatic nitrogens is 1. The van der Waals surface area contributed by atoms with Gasteiger partial charge in [-0.2, -0.15) is 13.2 Å². The first kappa shape index (κ1) is 28.8. The Bertz CT molecular complexity index is 1020. The third-order valence-electron chi connectivity index (χ3n) is 7.71. The van der Waals surface area contributed by atoms with E-state index in [0.29, 0.717) is 16.6 Å². The highest BCUT2D eigenvalue weighted by Gasteiger charge is 2.41. The minimum Gasteiger partial charge on any atom is -0.344 e. The van der Waals surface area contributed by atoms with E-state index >= 15 is 0 Å². The molecule has 1 aromatic heterocycles. The van der Waals surface area contributed by atoms with Crippen molar-refractivity contribution in [2.24, 2.45) is 11.3 Å². The Kier molecular flexibility index (Phi) is 9.79. The molecule has 0 bridgehead atoms. The van der Waals surface area contributed by atoms with Crippen molar-refractivity contribution in [2.75, 3.05) is 11.4 Å². The maximum absolute atomic E-state index is 12.9. The van der Waals surface area contributed by atoms with Crippen molar-refractivity contribution < 1.29 is 13.2 Å². The minimum atomic E-state index is -4.21. The lowest BCUT2D eigenvalue weighted by Gasteiger charge is -2.32. The highest BCUT2D eigenvalue weighted by molar-refractivity contribution is 6.35. The van der Waals surface area contributed by atoms with E-state index < -0.39 is 12.1 Å². The topological polar surface area (TPSA) is 16.1 Å². The van der Waals surface area contributed by atoms with Crippen LogP contribution in [0.4, 0.5) is 18.9 Å². The van der Waals surface area contributed by atoms with Crippen LogP contribution in [0.25, 0.3) is 0 Å². The third-order valence-corrected chi connectivity index (χ3v) is 8.27. The summed E-state index contributed by atoms with van der Waals surface area (Å²) in [6, 6.07) is 9.32. The van der Waals surface area contributed by atoms with E-state index in [9.17, 15) is 13.2 Å². The lowest BCUT2D eigenvalue weighted by molar-refractivity contribution is -0.169. The van der Waals surface area contributed by atoms with Crippen LogP contribution in [-0.4, -0.2) is 17.7 Å². The van der Waals surface area contributed by atoms with E-state index in [2.05, 4.69) is 30.3 Å². The Morgan fingerprint density at radius 1 is 1.11 bits per heavy atom. The fourth-order valence-corrected chi connectivity index (χ4v) is 6.01. The number of nitrogens with zero attached hydrogens (tertiary/aromatic N) is 2. The van der Waals surface area contributed by atoms with Crippen molar-refractivity contribution in [1.29, 1.82) is 0 Å². The number of benzene rings is 1. The number of rotatable bonds is 11. The molecule has 2 nitrogen and oxygen atoms in total. The molecule has 1 saturated heterocycles. The summed E-state index contributed by atoms with van der Waals surface area (Å²) >= 11 is 12.4. The van der Waals surface area contributed by atoms with E-state index in [0.717, 1.165) is 73.5 Å². The Morgan fingerprint density at radius 3 is 2.47 bits per heavy atom. The first-order valence-corrected chi connectivity index (χ1v) is 13.7. The quantitative estimate of drug-likeness (QED) is 0.263.